The highest BCUT2D eigenvalue weighted by Crippen LogP contribution is 2.23. The van der Waals surface area contributed by atoms with E-state index in [0.29, 0.717) is 30.0 Å². The van der Waals surface area contributed by atoms with E-state index >= 15 is 0 Å². The Balaban J connectivity index is 2.89. The van der Waals surface area contributed by atoms with Crippen LogP contribution in [0.1, 0.15) is 25.0 Å². The summed E-state index contributed by atoms with van der Waals surface area (Å²) in [6.07, 6.45) is -0.399. The van der Waals surface area contributed by atoms with Crippen molar-refractivity contribution in [3.8, 4) is 5.75 Å². The van der Waals surface area contributed by atoms with Gasteiger partial charge in [-0.25, -0.2) is 9.18 Å². The van der Waals surface area contributed by atoms with E-state index in [9.17, 15) is 9.18 Å². The van der Waals surface area contributed by atoms with Crippen molar-refractivity contribution in [1.82, 2.24) is 4.90 Å². The van der Waals surface area contributed by atoms with Gasteiger partial charge in [-0.05, 0) is 51.0 Å². The third-order valence-electron chi connectivity index (χ3n) is 2.89. The first-order chi connectivity index (χ1) is 8.01. The number of amides is 1. The Labute approximate surface area is 101 Å². The van der Waals surface area contributed by atoms with Gasteiger partial charge in [0.15, 0.2) is 0 Å². The van der Waals surface area contributed by atoms with E-state index in [2.05, 4.69) is 0 Å². The van der Waals surface area contributed by atoms with E-state index in [0.717, 1.165) is 0 Å². The van der Waals surface area contributed by atoms with Crippen LogP contribution in [-0.4, -0.2) is 24.1 Å². The van der Waals surface area contributed by atoms with Gasteiger partial charge in [0.2, 0.25) is 0 Å². The number of ether oxygens (including phenoxy) is 1. The molecule has 0 spiro atoms. The summed E-state index contributed by atoms with van der Waals surface area (Å²) in [6, 6.07) is 2.80. The van der Waals surface area contributed by atoms with Gasteiger partial charge in [0.05, 0.1) is 0 Å². The van der Waals surface area contributed by atoms with Gasteiger partial charge in [-0.3, -0.25) is 0 Å². The van der Waals surface area contributed by atoms with E-state index in [-0.39, 0.29) is 5.82 Å². The smallest absolute Gasteiger partial charge is 0.410 e. The van der Waals surface area contributed by atoms with Crippen LogP contribution in [0.15, 0.2) is 12.1 Å². The molecule has 94 valence electrons. The Morgan fingerprint density at radius 3 is 2.35 bits per heavy atom. The number of hydrogen-bond acceptors (Lipinski definition) is 2. The number of nitrogens with zero attached hydrogens (tertiary/aromatic N) is 1. The van der Waals surface area contributed by atoms with Crippen LogP contribution < -0.4 is 4.74 Å². The van der Waals surface area contributed by atoms with Gasteiger partial charge in [-0.1, -0.05) is 0 Å². The second-order valence-electron chi connectivity index (χ2n) is 3.84. The Bertz CT molecular complexity index is 414. The molecule has 0 N–H and O–H groups in total. The zero-order valence-electron chi connectivity index (χ0n) is 10.7. The maximum absolute atomic E-state index is 13.2. The molecule has 0 aromatic heterocycles. The van der Waals surface area contributed by atoms with Gasteiger partial charge in [0.25, 0.3) is 0 Å². The van der Waals surface area contributed by atoms with Crippen LogP contribution in [0.5, 0.6) is 5.75 Å². The second kappa shape index (κ2) is 5.66. The van der Waals surface area contributed by atoms with Crippen molar-refractivity contribution in [3.05, 3.63) is 29.1 Å². The first-order valence-electron chi connectivity index (χ1n) is 5.73. The average molecular weight is 239 g/mol. The number of hydrogen-bond donors (Lipinski definition) is 0. The quantitative estimate of drug-likeness (QED) is 0.810. The minimum Gasteiger partial charge on any atom is -0.410 e. The summed E-state index contributed by atoms with van der Waals surface area (Å²) in [7, 11) is 0. The first-order valence-corrected chi connectivity index (χ1v) is 5.73. The van der Waals surface area contributed by atoms with E-state index in [1.807, 2.05) is 13.8 Å². The second-order valence-corrected chi connectivity index (χ2v) is 3.84. The molecular weight excluding hydrogens is 221 g/mol. The molecule has 0 unspecified atom stereocenters. The Morgan fingerprint density at radius 1 is 1.24 bits per heavy atom. The first kappa shape index (κ1) is 13.5. The topological polar surface area (TPSA) is 29.5 Å². The van der Waals surface area contributed by atoms with Crippen LogP contribution >= 0.6 is 0 Å². The number of benzene rings is 1. The predicted molar refractivity (Wildman–Crippen MR) is 64.8 cm³/mol. The van der Waals surface area contributed by atoms with Crippen molar-refractivity contribution in [2.75, 3.05) is 13.1 Å². The maximum atomic E-state index is 13.2. The molecule has 17 heavy (non-hydrogen) atoms. The third kappa shape index (κ3) is 2.96. The zero-order chi connectivity index (χ0) is 13.0. The monoisotopic (exact) mass is 239 g/mol. The summed E-state index contributed by atoms with van der Waals surface area (Å²) in [5.41, 5.74) is 1.17. The third-order valence-corrected chi connectivity index (χ3v) is 2.89. The van der Waals surface area contributed by atoms with Gasteiger partial charge in [-0.15, -0.1) is 0 Å². The van der Waals surface area contributed by atoms with Gasteiger partial charge in [-0.2, -0.15) is 0 Å². The molecule has 0 bridgehead atoms. The van der Waals surface area contributed by atoms with Gasteiger partial charge < -0.3 is 9.64 Å². The predicted octanol–water partition coefficient (Wildman–Crippen LogP) is 3.28. The summed E-state index contributed by atoms with van der Waals surface area (Å²) in [5.74, 6) is 0.130. The van der Waals surface area contributed by atoms with Crippen molar-refractivity contribution in [1.29, 1.82) is 0 Å². The van der Waals surface area contributed by atoms with Crippen LogP contribution in [0.4, 0.5) is 9.18 Å². The van der Waals surface area contributed by atoms with Crippen LogP contribution in [0.2, 0.25) is 0 Å². The van der Waals surface area contributed by atoms with Crippen molar-refractivity contribution >= 4 is 6.09 Å². The lowest BCUT2D eigenvalue weighted by molar-refractivity contribution is 0.157. The van der Waals surface area contributed by atoms with E-state index in [1.54, 1.807) is 18.7 Å². The molecule has 1 aromatic rings. The van der Waals surface area contributed by atoms with Crippen molar-refractivity contribution in [3.63, 3.8) is 0 Å². The fraction of sp³-hybridized carbons (Fsp3) is 0.462. The lowest BCUT2D eigenvalue weighted by Crippen LogP contribution is -2.33. The lowest BCUT2D eigenvalue weighted by Gasteiger charge is -2.19. The molecular formula is C13H18FNO2. The SMILES string of the molecule is CCN(CC)C(=O)Oc1ccc(F)c(C)c1C. The van der Waals surface area contributed by atoms with Crippen molar-refractivity contribution in [2.24, 2.45) is 0 Å². The van der Waals surface area contributed by atoms with Crippen LogP contribution in [-0.2, 0) is 0 Å². The molecule has 1 aromatic carbocycles. The van der Waals surface area contributed by atoms with Crippen LogP contribution in [0, 0.1) is 19.7 Å². The van der Waals surface area contributed by atoms with Gasteiger partial charge in [0.1, 0.15) is 11.6 Å². The molecule has 0 fully saturated rings. The van der Waals surface area contributed by atoms with Crippen LogP contribution in [0.3, 0.4) is 0 Å². The fourth-order valence-corrected chi connectivity index (χ4v) is 1.51. The number of carbonyl (C=O) groups excluding carboxylic acids is 1. The summed E-state index contributed by atoms with van der Waals surface area (Å²) >= 11 is 0. The molecule has 0 radical (unpaired) electrons. The average Bonchev–Trinajstić information content (AvgIpc) is 2.31. The van der Waals surface area contributed by atoms with E-state index < -0.39 is 6.09 Å². The molecule has 0 aliphatic heterocycles. The van der Waals surface area contributed by atoms with Crippen molar-refractivity contribution in [2.45, 2.75) is 27.7 Å². The minimum atomic E-state index is -0.399. The molecule has 4 heteroatoms. The molecule has 0 saturated heterocycles. The molecule has 1 rings (SSSR count). The molecule has 1 amide bonds. The lowest BCUT2D eigenvalue weighted by atomic mass is 10.1. The summed E-state index contributed by atoms with van der Waals surface area (Å²) in [4.78, 5) is 13.3. The van der Waals surface area contributed by atoms with Gasteiger partial charge in [0, 0.05) is 13.1 Å². The Kier molecular flexibility index (Phi) is 4.49. The zero-order valence-corrected chi connectivity index (χ0v) is 10.7. The van der Waals surface area contributed by atoms with Crippen LogP contribution in [0.25, 0.3) is 0 Å². The summed E-state index contributed by atoms with van der Waals surface area (Å²) in [5, 5.41) is 0. The number of carbonyl (C=O) groups is 1. The summed E-state index contributed by atoms with van der Waals surface area (Å²) < 4.78 is 18.5. The highest BCUT2D eigenvalue weighted by Gasteiger charge is 2.15. The van der Waals surface area contributed by atoms with E-state index in [4.69, 9.17) is 4.74 Å². The largest absolute Gasteiger partial charge is 0.415 e. The molecule has 0 aliphatic rings. The highest BCUT2D eigenvalue weighted by molar-refractivity contribution is 5.71. The standard InChI is InChI=1S/C13H18FNO2/c1-5-15(6-2)13(16)17-12-8-7-11(14)9(3)10(12)4/h7-8H,5-6H2,1-4H3. The summed E-state index contributed by atoms with van der Waals surface area (Å²) in [6.45, 7) is 8.35. The maximum Gasteiger partial charge on any atom is 0.415 e. The van der Waals surface area contributed by atoms with E-state index in [1.165, 1.54) is 12.1 Å². The molecule has 0 atom stereocenters. The van der Waals surface area contributed by atoms with Crippen molar-refractivity contribution < 1.29 is 13.9 Å². The Morgan fingerprint density at radius 2 is 1.82 bits per heavy atom. The normalized spacial score (nSPS) is 10.2. The minimum absolute atomic E-state index is 0.287. The molecule has 0 saturated carbocycles. The number of halogens is 1. The molecule has 0 heterocycles. The molecule has 0 aliphatic carbocycles. The number of rotatable bonds is 3. The highest BCUT2D eigenvalue weighted by atomic mass is 19.1. The fourth-order valence-electron chi connectivity index (χ4n) is 1.51. The van der Waals surface area contributed by atoms with Gasteiger partial charge >= 0.3 is 6.09 Å². The Hall–Kier alpha value is -1.58. The molecule has 3 nitrogen and oxygen atoms in total.